The molecular weight excluding hydrogens is 702 g/mol. The Morgan fingerprint density at radius 1 is 0.698 bits per heavy atom. The fraction of sp³-hybridized carbons (Fsp3) is 0.302. The van der Waals surface area contributed by atoms with Crippen molar-refractivity contribution in [1.82, 2.24) is 0 Å². The molecule has 1 saturated heterocycles. The Balaban J connectivity index is 1.42. The van der Waals surface area contributed by atoms with Crippen LogP contribution in [0.2, 0.25) is 5.02 Å². The summed E-state index contributed by atoms with van der Waals surface area (Å²) in [6, 6.07) is 37.0. The summed E-state index contributed by atoms with van der Waals surface area (Å²) >= 11 is 6.71. The average molecular weight is 745 g/mol. The van der Waals surface area contributed by atoms with Crippen molar-refractivity contribution in [2.45, 2.75) is 63.4 Å². The first-order valence-corrected chi connectivity index (χ1v) is 17.9. The molecule has 53 heavy (non-hydrogen) atoms. The van der Waals surface area contributed by atoms with Crippen LogP contribution in [-0.2, 0) is 55.7 Å². The molecule has 0 spiro atoms. The Kier molecular flexibility index (Phi) is 13.3. The smallest absolute Gasteiger partial charge is 0.225 e. The summed E-state index contributed by atoms with van der Waals surface area (Å²) in [5.74, 6) is -3.94. The molecule has 0 saturated carbocycles. The lowest BCUT2D eigenvalue weighted by Crippen LogP contribution is -2.66. The van der Waals surface area contributed by atoms with Crippen LogP contribution in [0.25, 0.3) is 0 Å². The summed E-state index contributed by atoms with van der Waals surface area (Å²) < 4.78 is 68.6. The van der Waals surface area contributed by atoms with E-state index < -0.39 is 48.4 Å². The minimum atomic E-state index is -1.68. The van der Waals surface area contributed by atoms with Crippen molar-refractivity contribution >= 4 is 11.6 Å². The molecule has 1 aliphatic heterocycles. The standard InChI is InChI=1S/C43H43ClF2O7/c1-3-49-36-22-19-32(38(45)39(36)46)23-33-24-34(20-21-35(33)44)43(48-2)42(52-28-31-17-11-6-12-18-31)41(51-27-30-15-9-5-10-16-30)40(37(25-47)53-43)50-26-29-13-7-4-8-14-29/h4-22,24,37,40-42,47H,3,23,25-28H2,1-2H3/t37?,40-,41+,42-,43+/m1/s1. The van der Waals surface area contributed by atoms with E-state index in [0.29, 0.717) is 16.1 Å². The summed E-state index contributed by atoms with van der Waals surface area (Å²) in [7, 11) is 1.49. The molecule has 0 amide bonds. The molecule has 5 aromatic rings. The molecular formula is C43H43ClF2O7. The van der Waals surface area contributed by atoms with Gasteiger partial charge in [-0.05, 0) is 52.9 Å². The van der Waals surface area contributed by atoms with Gasteiger partial charge in [-0.3, -0.25) is 0 Å². The number of rotatable bonds is 16. The number of aliphatic hydroxyl groups is 1. The maximum absolute atomic E-state index is 15.3. The van der Waals surface area contributed by atoms with Gasteiger partial charge in [0.2, 0.25) is 11.6 Å². The number of benzene rings is 5. The monoisotopic (exact) mass is 744 g/mol. The highest BCUT2D eigenvalue weighted by Crippen LogP contribution is 2.44. The van der Waals surface area contributed by atoms with Gasteiger partial charge in [0.05, 0.1) is 33.0 Å². The Hall–Kier alpha value is -4.19. The van der Waals surface area contributed by atoms with Crippen LogP contribution in [-0.4, -0.2) is 49.8 Å². The van der Waals surface area contributed by atoms with Crippen LogP contribution in [0.15, 0.2) is 121 Å². The Morgan fingerprint density at radius 2 is 1.26 bits per heavy atom. The second-order valence-corrected chi connectivity index (χ2v) is 13.1. The third-order valence-electron chi connectivity index (χ3n) is 9.27. The van der Waals surface area contributed by atoms with Crippen molar-refractivity contribution in [3.63, 3.8) is 0 Å². The molecule has 0 bridgehead atoms. The zero-order valence-corrected chi connectivity index (χ0v) is 30.4. The molecule has 7 nitrogen and oxygen atoms in total. The van der Waals surface area contributed by atoms with Gasteiger partial charge in [-0.1, -0.05) is 115 Å². The van der Waals surface area contributed by atoms with Gasteiger partial charge in [-0.15, -0.1) is 0 Å². The van der Waals surface area contributed by atoms with Gasteiger partial charge >= 0.3 is 0 Å². The minimum absolute atomic E-state index is 0.0443. The summed E-state index contributed by atoms with van der Waals surface area (Å²) in [5.41, 5.74) is 3.79. The second-order valence-electron chi connectivity index (χ2n) is 12.7. The SMILES string of the molecule is CCOc1ccc(Cc2cc([C@]3(OC)OC(CO)[C@@H](OCc4ccccc4)[C@H](OCc4ccccc4)[C@H]3OCc3ccccc3)ccc2Cl)c(F)c1F. The number of hydrogen-bond acceptors (Lipinski definition) is 7. The highest BCUT2D eigenvalue weighted by molar-refractivity contribution is 6.31. The Labute approximate surface area is 314 Å². The topological polar surface area (TPSA) is 75.6 Å². The third kappa shape index (κ3) is 8.96. The lowest BCUT2D eigenvalue weighted by molar-refractivity contribution is -0.384. The fourth-order valence-corrected chi connectivity index (χ4v) is 6.79. The van der Waals surface area contributed by atoms with E-state index in [-0.39, 0.29) is 44.2 Å². The van der Waals surface area contributed by atoms with Gasteiger partial charge < -0.3 is 33.5 Å². The van der Waals surface area contributed by atoms with Gasteiger partial charge in [0.15, 0.2) is 11.6 Å². The molecule has 6 rings (SSSR count). The molecule has 278 valence electrons. The first-order valence-electron chi connectivity index (χ1n) is 17.6. The highest BCUT2D eigenvalue weighted by Gasteiger charge is 2.58. The highest BCUT2D eigenvalue weighted by atomic mass is 35.5. The van der Waals surface area contributed by atoms with E-state index in [9.17, 15) is 9.50 Å². The number of aliphatic hydroxyl groups excluding tert-OH is 1. The minimum Gasteiger partial charge on any atom is -0.491 e. The van der Waals surface area contributed by atoms with Gasteiger partial charge in [0, 0.05) is 24.1 Å². The molecule has 0 radical (unpaired) electrons. The first kappa shape index (κ1) is 38.5. The molecule has 1 fully saturated rings. The van der Waals surface area contributed by atoms with Crippen molar-refractivity contribution in [2.75, 3.05) is 20.3 Å². The normalized spacial score (nSPS) is 21.4. The van der Waals surface area contributed by atoms with E-state index in [1.54, 1.807) is 25.1 Å². The summed E-state index contributed by atoms with van der Waals surface area (Å²) in [4.78, 5) is 0. The maximum Gasteiger partial charge on any atom is 0.225 e. The van der Waals surface area contributed by atoms with Gasteiger partial charge in [0.25, 0.3) is 0 Å². The van der Waals surface area contributed by atoms with Crippen molar-refractivity contribution in [3.8, 4) is 5.75 Å². The summed E-state index contributed by atoms with van der Waals surface area (Å²) in [6.07, 6.45) is -3.61. The predicted molar refractivity (Wildman–Crippen MR) is 197 cm³/mol. The molecule has 1 heterocycles. The second kappa shape index (κ2) is 18.2. The van der Waals surface area contributed by atoms with E-state index >= 15 is 4.39 Å². The van der Waals surface area contributed by atoms with Gasteiger partial charge in [-0.25, -0.2) is 4.39 Å². The lowest BCUT2D eigenvalue weighted by Gasteiger charge is -2.52. The van der Waals surface area contributed by atoms with E-state index in [4.69, 9.17) is 40.0 Å². The predicted octanol–water partition coefficient (Wildman–Crippen LogP) is 8.55. The Bertz CT molecular complexity index is 1900. The molecule has 1 aliphatic rings. The number of ether oxygens (including phenoxy) is 6. The average Bonchev–Trinajstić information content (AvgIpc) is 3.20. The van der Waals surface area contributed by atoms with Crippen molar-refractivity contribution in [1.29, 1.82) is 0 Å². The summed E-state index contributed by atoms with van der Waals surface area (Å²) in [5, 5.41) is 11.2. The summed E-state index contributed by atoms with van der Waals surface area (Å²) in [6.45, 7) is 2.04. The molecule has 10 heteroatoms. The molecule has 0 aromatic heterocycles. The number of hydrogen-bond donors (Lipinski definition) is 1. The van der Waals surface area contributed by atoms with Crippen LogP contribution in [0, 0.1) is 11.6 Å². The zero-order valence-electron chi connectivity index (χ0n) is 29.6. The molecule has 5 atom stereocenters. The zero-order chi connectivity index (χ0) is 37.2. The van der Waals surface area contributed by atoms with Crippen LogP contribution in [0.3, 0.4) is 0 Å². The van der Waals surface area contributed by atoms with Crippen LogP contribution in [0.5, 0.6) is 5.75 Å². The van der Waals surface area contributed by atoms with Crippen LogP contribution < -0.4 is 4.74 Å². The van der Waals surface area contributed by atoms with Crippen molar-refractivity contribution in [2.24, 2.45) is 0 Å². The fourth-order valence-electron chi connectivity index (χ4n) is 6.60. The lowest BCUT2D eigenvalue weighted by atomic mass is 9.86. The van der Waals surface area contributed by atoms with E-state index in [1.165, 1.54) is 19.2 Å². The van der Waals surface area contributed by atoms with Crippen LogP contribution in [0.1, 0.15) is 40.3 Å². The van der Waals surface area contributed by atoms with E-state index in [2.05, 4.69) is 0 Å². The Morgan fingerprint density at radius 3 is 1.81 bits per heavy atom. The largest absolute Gasteiger partial charge is 0.491 e. The number of methoxy groups -OCH3 is 1. The molecule has 5 aromatic carbocycles. The molecule has 0 aliphatic carbocycles. The third-order valence-corrected chi connectivity index (χ3v) is 9.64. The van der Waals surface area contributed by atoms with E-state index in [0.717, 1.165) is 16.7 Å². The van der Waals surface area contributed by atoms with Crippen molar-refractivity contribution in [3.05, 3.63) is 171 Å². The molecule has 1 N–H and O–H groups in total. The van der Waals surface area contributed by atoms with Crippen LogP contribution >= 0.6 is 11.6 Å². The van der Waals surface area contributed by atoms with Gasteiger partial charge in [0.1, 0.15) is 24.4 Å². The molecule has 1 unspecified atom stereocenters. The first-order chi connectivity index (χ1) is 25.9. The van der Waals surface area contributed by atoms with E-state index in [1.807, 2.05) is 91.0 Å². The maximum atomic E-state index is 15.3. The van der Waals surface area contributed by atoms with Crippen LogP contribution in [0.4, 0.5) is 8.78 Å². The van der Waals surface area contributed by atoms with Crippen molar-refractivity contribution < 1.29 is 42.3 Å². The quantitative estimate of drug-likeness (QED) is 0.109. The van der Waals surface area contributed by atoms with Gasteiger partial charge in [-0.2, -0.15) is 4.39 Å². The number of halogens is 3.